The second-order valence-electron chi connectivity index (χ2n) is 2.90. The summed E-state index contributed by atoms with van der Waals surface area (Å²) in [4.78, 5) is 0. The second-order valence-corrected chi connectivity index (χ2v) is 3.20. The van der Waals surface area contributed by atoms with E-state index < -0.39 is 0 Å². The van der Waals surface area contributed by atoms with Gasteiger partial charge in [0.2, 0.25) is 0 Å². The molecule has 0 saturated heterocycles. The lowest BCUT2D eigenvalue weighted by atomic mass is 10.2. The predicted octanol–water partition coefficient (Wildman–Crippen LogP) is 3.21. The highest BCUT2D eigenvalue weighted by atomic mass is 35.5. The summed E-state index contributed by atoms with van der Waals surface area (Å²) in [6.45, 7) is 5.09. The van der Waals surface area contributed by atoms with Gasteiger partial charge in [-0.1, -0.05) is 26.2 Å². The minimum Gasteiger partial charge on any atom is -0.377 e. The van der Waals surface area contributed by atoms with Crippen molar-refractivity contribution >= 4 is 11.6 Å². The maximum Gasteiger partial charge on any atom is 0.0682 e. The van der Waals surface area contributed by atoms with Crippen LogP contribution in [0.3, 0.4) is 0 Å². The zero-order valence-electron chi connectivity index (χ0n) is 7.61. The fourth-order valence-corrected chi connectivity index (χ4v) is 0.947. The highest BCUT2D eigenvalue weighted by Gasteiger charge is 1.97. The van der Waals surface area contributed by atoms with Crippen LogP contribution < -0.4 is 0 Å². The molecule has 0 fully saturated rings. The van der Waals surface area contributed by atoms with E-state index >= 15 is 0 Å². The molecule has 0 rings (SSSR count). The lowest BCUT2D eigenvalue weighted by Crippen LogP contribution is -2.10. The van der Waals surface area contributed by atoms with Crippen LogP contribution in [0.5, 0.6) is 0 Å². The summed E-state index contributed by atoms with van der Waals surface area (Å²) in [6.07, 6.45) is 5.28. The second kappa shape index (κ2) is 8.35. The van der Waals surface area contributed by atoms with Crippen molar-refractivity contribution in [2.45, 2.75) is 45.6 Å². The number of halogens is 1. The summed E-state index contributed by atoms with van der Waals surface area (Å²) < 4.78 is 5.41. The van der Waals surface area contributed by atoms with E-state index in [0.29, 0.717) is 5.88 Å². The molecule has 0 aliphatic carbocycles. The minimum absolute atomic E-state index is 0.221. The highest BCUT2D eigenvalue weighted by molar-refractivity contribution is 6.18. The Hall–Kier alpha value is 0.250. The molecule has 1 nitrogen and oxygen atoms in total. The van der Waals surface area contributed by atoms with Crippen molar-refractivity contribution in [2.75, 3.05) is 12.5 Å². The van der Waals surface area contributed by atoms with Crippen LogP contribution in [0.1, 0.15) is 39.5 Å². The number of unbranched alkanes of at least 4 members (excludes halogenated alkanes) is 3. The fourth-order valence-electron chi connectivity index (χ4n) is 0.858. The Morgan fingerprint density at radius 3 is 2.55 bits per heavy atom. The number of alkyl halides is 1. The zero-order valence-corrected chi connectivity index (χ0v) is 8.36. The Kier molecular flexibility index (Phi) is 8.54. The third kappa shape index (κ3) is 8.15. The molecule has 68 valence electrons. The molecule has 0 aromatic rings. The van der Waals surface area contributed by atoms with Gasteiger partial charge in [-0.05, 0) is 13.3 Å². The summed E-state index contributed by atoms with van der Waals surface area (Å²) in [6, 6.07) is 0. The molecule has 2 heteroatoms. The van der Waals surface area contributed by atoms with Crippen LogP contribution in [0.15, 0.2) is 0 Å². The number of rotatable bonds is 7. The monoisotopic (exact) mass is 178 g/mol. The van der Waals surface area contributed by atoms with Crippen LogP contribution in [0.2, 0.25) is 0 Å². The van der Waals surface area contributed by atoms with Crippen molar-refractivity contribution in [3.63, 3.8) is 0 Å². The maximum absolute atomic E-state index is 5.57. The van der Waals surface area contributed by atoms with Gasteiger partial charge in [-0.25, -0.2) is 0 Å². The number of hydrogen-bond acceptors (Lipinski definition) is 1. The van der Waals surface area contributed by atoms with Gasteiger partial charge in [-0.15, -0.1) is 11.6 Å². The minimum atomic E-state index is 0.221. The van der Waals surface area contributed by atoms with Gasteiger partial charge < -0.3 is 4.74 Å². The molecule has 0 spiro atoms. The standard InChI is InChI=1S/C9H19ClO/c1-3-4-5-6-7-11-9(2)8-10/h9H,3-8H2,1-2H3/t9-/m0/s1. The quantitative estimate of drug-likeness (QED) is 0.430. The molecule has 0 radical (unpaired) electrons. The van der Waals surface area contributed by atoms with E-state index in [1.807, 2.05) is 6.92 Å². The van der Waals surface area contributed by atoms with Gasteiger partial charge in [-0.3, -0.25) is 0 Å². The third-order valence-corrected chi connectivity index (χ3v) is 2.05. The first-order chi connectivity index (χ1) is 5.31. The van der Waals surface area contributed by atoms with Crippen molar-refractivity contribution in [3.05, 3.63) is 0 Å². The molecule has 0 aromatic heterocycles. The first-order valence-electron chi connectivity index (χ1n) is 4.48. The van der Waals surface area contributed by atoms with E-state index in [0.717, 1.165) is 6.61 Å². The lowest BCUT2D eigenvalue weighted by molar-refractivity contribution is 0.0779. The van der Waals surface area contributed by atoms with E-state index in [4.69, 9.17) is 16.3 Å². The van der Waals surface area contributed by atoms with E-state index in [-0.39, 0.29) is 6.10 Å². The maximum atomic E-state index is 5.57. The summed E-state index contributed by atoms with van der Waals surface area (Å²) in [7, 11) is 0. The molecular formula is C9H19ClO. The smallest absolute Gasteiger partial charge is 0.0682 e. The largest absolute Gasteiger partial charge is 0.377 e. The number of ether oxygens (including phenoxy) is 1. The van der Waals surface area contributed by atoms with E-state index in [1.54, 1.807) is 0 Å². The van der Waals surface area contributed by atoms with E-state index in [2.05, 4.69) is 6.92 Å². The van der Waals surface area contributed by atoms with Crippen molar-refractivity contribution in [1.82, 2.24) is 0 Å². The molecule has 0 bridgehead atoms. The molecule has 0 saturated carbocycles. The topological polar surface area (TPSA) is 9.23 Å². The van der Waals surface area contributed by atoms with Crippen LogP contribution in [-0.2, 0) is 4.74 Å². The normalized spacial score (nSPS) is 13.4. The summed E-state index contributed by atoms with van der Waals surface area (Å²) in [5.74, 6) is 0.605. The molecule has 0 N–H and O–H groups in total. The average molecular weight is 179 g/mol. The molecule has 0 aromatic carbocycles. The van der Waals surface area contributed by atoms with Crippen molar-refractivity contribution in [1.29, 1.82) is 0 Å². The molecule has 0 heterocycles. The van der Waals surface area contributed by atoms with Crippen LogP contribution in [-0.4, -0.2) is 18.6 Å². The highest BCUT2D eigenvalue weighted by Crippen LogP contribution is 2.01. The Bertz CT molecular complexity index is 76.0. The van der Waals surface area contributed by atoms with Crippen LogP contribution >= 0.6 is 11.6 Å². The predicted molar refractivity (Wildman–Crippen MR) is 50.3 cm³/mol. The van der Waals surface area contributed by atoms with Gasteiger partial charge in [-0.2, -0.15) is 0 Å². The Labute approximate surface area is 75.1 Å². The molecule has 1 atom stereocenters. The molecule has 0 amide bonds. The van der Waals surface area contributed by atoms with E-state index in [9.17, 15) is 0 Å². The van der Waals surface area contributed by atoms with E-state index in [1.165, 1.54) is 25.7 Å². The first-order valence-corrected chi connectivity index (χ1v) is 5.02. The molecule has 0 unspecified atom stereocenters. The Morgan fingerprint density at radius 1 is 1.27 bits per heavy atom. The first kappa shape index (κ1) is 11.2. The van der Waals surface area contributed by atoms with Gasteiger partial charge in [0.05, 0.1) is 6.10 Å². The summed E-state index contributed by atoms with van der Waals surface area (Å²) in [5.41, 5.74) is 0. The van der Waals surface area contributed by atoms with Crippen LogP contribution in [0.25, 0.3) is 0 Å². The Morgan fingerprint density at radius 2 is 2.00 bits per heavy atom. The zero-order chi connectivity index (χ0) is 8.53. The summed E-state index contributed by atoms with van der Waals surface area (Å²) in [5, 5.41) is 0. The lowest BCUT2D eigenvalue weighted by Gasteiger charge is -2.08. The van der Waals surface area contributed by atoms with Gasteiger partial charge in [0, 0.05) is 12.5 Å². The molecule has 0 aliphatic heterocycles. The fraction of sp³-hybridized carbons (Fsp3) is 1.00. The average Bonchev–Trinajstić information content (AvgIpc) is 2.04. The third-order valence-electron chi connectivity index (χ3n) is 1.62. The summed E-state index contributed by atoms with van der Waals surface area (Å²) >= 11 is 5.57. The molecule has 11 heavy (non-hydrogen) atoms. The molecule has 0 aliphatic rings. The van der Waals surface area contributed by atoms with Crippen LogP contribution in [0.4, 0.5) is 0 Å². The SMILES string of the molecule is CCCCCCO[C@@H](C)CCl. The Balaban J connectivity index is 2.89. The number of hydrogen-bond donors (Lipinski definition) is 0. The molecular weight excluding hydrogens is 160 g/mol. The van der Waals surface area contributed by atoms with Crippen molar-refractivity contribution in [2.24, 2.45) is 0 Å². The van der Waals surface area contributed by atoms with Gasteiger partial charge >= 0.3 is 0 Å². The van der Waals surface area contributed by atoms with Crippen molar-refractivity contribution in [3.8, 4) is 0 Å². The van der Waals surface area contributed by atoms with Crippen LogP contribution in [0, 0.1) is 0 Å². The van der Waals surface area contributed by atoms with Gasteiger partial charge in [0.1, 0.15) is 0 Å². The van der Waals surface area contributed by atoms with Crippen molar-refractivity contribution < 1.29 is 4.74 Å². The van der Waals surface area contributed by atoms with Gasteiger partial charge in [0.25, 0.3) is 0 Å². The van der Waals surface area contributed by atoms with Gasteiger partial charge in [0.15, 0.2) is 0 Å².